The van der Waals surface area contributed by atoms with E-state index in [1.807, 2.05) is 7.05 Å². The zero-order valence-electron chi connectivity index (χ0n) is 10.5. The van der Waals surface area contributed by atoms with Gasteiger partial charge < -0.3 is 15.4 Å². The van der Waals surface area contributed by atoms with E-state index in [-0.39, 0.29) is 11.3 Å². The van der Waals surface area contributed by atoms with Gasteiger partial charge in [-0.2, -0.15) is 0 Å². The van der Waals surface area contributed by atoms with Crippen LogP contribution in [0.4, 0.5) is 0 Å². The van der Waals surface area contributed by atoms with Gasteiger partial charge >= 0.3 is 0 Å². The molecule has 17 heavy (non-hydrogen) atoms. The summed E-state index contributed by atoms with van der Waals surface area (Å²) in [6.45, 7) is 1.31. The zero-order valence-corrected chi connectivity index (χ0v) is 10.5. The van der Waals surface area contributed by atoms with Crippen LogP contribution in [0.15, 0.2) is 0 Å². The number of likely N-dealkylation sites (N-methyl/N-ethyl adjacent to an activating group) is 1. The number of carbonyl (C=O) groups is 1. The summed E-state index contributed by atoms with van der Waals surface area (Å²) in [5, 5.41) is 6.16. The summed E-state index contributed by atoms with van der Waals surface area (Å²) in [5.41, 5.74) is 0.282. The van der Waals surface area contributed by atoms with Crippen LogP contribution < -0.4 is 10.6 Å². The third kappa shape index (κ3) is 1.61. The van der Waals surface area contributed by atoms with Crippen molar-refractivity contribution in [3.8, 4) is 0 Å². The molecule has 2 N–H and O–H groups in total. The Labute approximate surface area is 102 Å². The summed E-state index contributed by atoms with van der Waals surface area (Å²) in [6.07, 6.45) is 6.62. The molecule has 1 spiro atoms. The van der Waals surface area contributed by atoms with Gasteiger partial charge in [-0.1, -0.05) is 12.8 Å². The second-order valence-electron chi connectivity index (χ2n) is 5.76. The molecule has 3 atom stereocenters. The van der Waals surface area contributed by atoms with E-state index in [0.29, 0.717) is 24.6 Å². The van der Waals surface area contributed by atoms with Crippen LogP contribution in [0.3, 0.4) is 0 Å². The van der Waals surface area contributed by atoms with Crippen molar-refractivity contribution in [2.24, 2.45) is 11.3 Å². The molecular formula is C13H22N2O2. The highest BCUT2D eigenvalue weighted by Gasteiger charge is 2.65. The van der Waals surface area contributed by atoms with Crippen LogP contribution in [0, 0.1) is 11.3 Å². The second kappa shape index (κ2) is 4.25. The lowest BCUT2D eigenvalue weighted by Gasteiger charge is -2.56. The smallest absolute Gasteiger partial charge is 0.234 e. The zero-order chi connectivity index (χ0) is 11.9. The van der Waals surface area contributed by atoms with E-state index in [9.17, 15) is 4.79 Å². The summed E-state index contributed by atoms with van der Waals surface area (Å²) in [4.78, 5) is 11.8. The van der Waals surface area contributed by atoms with Crippen LogP contribution in [0.5, 0.6) is 0 Å². The molecule has 3 unspecified atom stereocenters. The van der Waals surface area contributed by atoms with Crippen molar-refractivity contribution < 1.29 is 9.53 Å². The molecule has 96 valence electrons. The highest BCUT2D eigenvalue weighted by atomic mass is 16.5. The van der Waals surface area contributed by atoms with Gasteiger partial charge in [0.1, 0.15) is 0 Å². The fourth-order valence-corrected chi connectivity index (χ4v) is 4.29. The summed E-state index contributed by atoms with van der Waals surface area (Å²) >= 11 is 0. The largest absolute Gasteiger partial charge is 0.377 e. The Bertz CT molecular complexity index is 313. The Morgan fingerprint density at radius 3 is 2.88 bits per heavy atom. The number of rotatable bonds is 3. The van der Waals surface area contributed by atoms with Crippen LogP contribution in [-0.4, -0.2) is 38.3 Å². The Kier molecular flexibility index (Phi) is 2.87. The summed E-state index contributed by atoms with van der Waals surface area (Å²) in [7, 11) is 1.81. The van der Waals surface area contributed by atoms with Crippen molar-refractivity contribution in [1.82, 2.24) is 10.6 Å². The van der Waals surface area contributed by atoms with Gasteiger partial charge in [0.05, 0.1) is 12.6 Å². The molecule has 3 rings (SSSR count). The highest BCUT2D eigenvalue weighted by Crippen LogP contribution is 2.60. The Morgan fingerprint density at radius 2 is 2.18 bits per heavy atom. The van der Waals surface area contributed by atoms with E-state index < -0.39 is 0 Å². The topological polar surface area (TPSA) is 50.4 Å². The summed E-state index contributed by atoms with van der Waals surface area (Å²) in [6, 6.07) is 0.373. The Morgan fingerprint density at radius 1 is 1.41 bits per heavy atom. The minimum Gasteiger partial charge on any atom is -0.377 e. The molecule has 4 heteroatoms. The number of ether oxygens (including phenoxy) is 1. The van der Waals surface area contributed by atoms with E-state index in [2.05, 4.69) is 10.6 Å². The van der Waals surface area contributed by atoms with Crippen molar-refractivity contribution >= 4 is 5.91 Å². The highest BCUT2D eigenvalue weighted by molar-refractivity contribution is 5.78. The molecule has 0 aromatic carbocycles. The molecule has 1 amide bonds. The molecule has 3 fully saturated rings. The molecule has 1 heterocycles. The van der Waals surface area contributed by atoms with Gasteiger partial charge in [-0.15, -0.1) is 0 Å². The van der Waals surface area contributed by atoms with Crippen molar-refractivity contribution in [2.45, 2.75) is 44.2 Å². The van der Waals surface area contributed by atoms with Crippen molar-refractivity contribution in [3.63, 3.8) is 0 Å². The minimum atomic E-state index is 0.133. The molecule has 0 aromatic heterocycles. The third-order valence-electron chi connectivity index (χ3n) is 4.94. The van der Waals surface area contributed by atoms with Crippen LogP contribution in [0.2, 0.25) is 0 Å². The van der Waals surface area contributed by atoms with E-state index in [1.54, 1.807) is 0 Å². The number of nitrogens with one attached hydrogen (secondary N) is 2. The van der Waals surface area contributed by atoms with E-state index in [0.717, 1.165) is 13.0 Å². The number of hydrogen-bond acceptors (Lipinski definition) is 3. The number of hydrogen-bond donors (Lipinski definition) is 2. The van der Waals surface area contributed by atoms with Crippen molar-refractivity contribution in [1.29, 1.82) is 0 Å². The van der Waals surface area contributed by atoms with Crippen LogP contribution in [0.25, 0.3) is 0 Å². The Hall–Kier alpha value is -0.610. The molecule has 4 nitrogen and oxygen atoms in total. The molecule has 1 saturated heterocycles. The normalized spacial score (nSPS) is 37.8. The maximum Gasteiger partial charge on any atom is 0.234 e. The first-order valence-electron chi connectivity index (χ1n) is 6.83. The van der Waals surface area contributed by atoms with Gasteiger partial charge in [-0.25, -0.2) is 0 Å². The van der Waals surface area contributed by atoms with Gasteiger partial charge in [0.2, 0.25) is 5.91 Å². The monoisotopic (exact) mass is 238 g/mol. The lowest BCUT2D eigenvalue weighted by molar-refractivity contribution is -0.145. The first-order valence-corrected chi connectivity index (χ1v) is 6.83. The number of carbonyl (C=O) groups excluding carboxylic acids is 1. The molecule has 1 aliphatic heterocycles. The van der Waals surface area contributed by atoms with E-state index in [4.69, 9.17) is 4.74 Å². The van der Waals surface area contributed by atoms with Crippen molar-refractivity contribution in [2.75, 3.05) is 20.2 Å². The molecule has 3 aliphatic rings. The number of amides is 1. The van der Waals surface area contributed by atoms with Gasteiger partial charge in [0, 0.05) is 24.0 Å². The average molecular weight is 238 g/mol. The van der Waals surface area contributed by atoms with Crippen LogP contribution in [-0.2, 0) is 9.53 Å². The molecule has 2 aliphatic carbocycles. The minimum absolute atomic E-state index is 0.133. The fraction of sp³-hybridized carbons (Fsp3) is 0.923. The standard InChI is InChI=1S/C13H22N2O2/c1-14-8-10(16)15-11-9-4-7-17-12(9)13(11)5-2-3-6-13/h9,11-12,14H,2-8H2,1H3,(H,15,16). The van der Waals surface area contributed by atoms with Gasteiger partial charge in [0.25, 0.3) is 0 Å². The first-order chi connectivity index (χ1) is 8.28. The Balaban J connectivity index is 1.71. The first kappa shape index (κ1) is 11.5. The van der Waals surface area contributed by atoms with E-state index >= 15 is 0 Å². The molecule has 2 saturated carbocycles. The second-order valence-corrected chi connectivity index (χ2v) is 5.76. The average Bonchev–Trinajstić information content (AvgIpc) is 2.94. The van der Waals surface area contributed by atoms with Gasteiger partial charge in [-0.05, 0) is 26.3 Å². The van der Waals surface area contributed by atoms with Gasteiger partial charge in [0.15, 0.2) is 0 Å². The predicted molar refractivity (Wildman–Crippen MR) is 64.6 cm³/mol. The lowest BCUT2D eigenvalue weighted by Crippen LogP contribution is -2.68. The maximum atomic E-state index is 11.8. The van der Waals surface area contributed by atoms with Crippen LogP contribution in [0.1, 0.15) is 32.1 Å². The summed E-state index contributed by atoms with van der Waals surface area (Å²) in [5.74, 6) is 0.711. The molecule has 0 bridgehead atoms. The molecule has 0 radical (unpaired) electrons. The molecule has 0 aromatic rings. The molecular weight excluding hydrogens is 216 g/mol. The van der Waals surface area contributed by atoms with Gasteiger partial charge in [-0.3, -0.25) is 4.79 Å². The van der Waals surface area contributed by atoms with E-state index in [1.165, 1.54) is 25.7 Å². The number of fused-ring (bicyclic) bond motifs is 2. The fourth-order valence-electron chi connectivity index (χ4n) is 4.29. The quantitative estimate of drug-likeness (QED) is 0.760. The predicted octanol–water partition coefficient (Wildman–Crippen LogP) is 0.670. The summed E-state index contributed by atoms with van der Waals surface area (Å²) < 4.78 is 5.89. The third-order valence-corrected chi connectivity index (χ3v) is 4.94. The van der Waals surface area contributed by atoms with Crippen LogP contribution >= 0.6 is 0 Å². The SMILES string of the molecule is CNCC(=O)NC1C2CCOC2C12CCCC2. The lowest BCUT2D eigenvalue weighted by atomic mass is 9.54. The maximum absolute atomic E-state index is 11.8. The van der Waals surface area contributed by atoms with Crippen molar-refractivity contribution in [3.05, 3.63) is 0 Å².